The van der Waals surface area contributed by atoms with E-state index in [0.29, 0.717) is 24.5 Å². The van der Waals surface area contributed by atoms with E-state index in [9.17, 15) is 4.79 Å². The van der Waals surface area contributed by atoms with Crippen LogP contribution in [0.15, 0.2) is 28.2 Å². The van der Waals surface area contributed by atoms with Crippen molar-refractivity contribution in [2.75, 3.05) is 27.4 Å². The molecule has 106 valence electrons. The lowest BCUT2D eigenvalue weighted by Gasteiger charge is -2.07. The lowest BCUT2D eigenvalue weighted by atomic mass is 10.1. The summed E-state index contributed by atoms with van der Waals surface area (Å²) in [7, 11) is 3.07. The summed E-state index contributed by atoms with van der Waals surface area (Å²) in [4.78, 5) is 11.8. The Morgan fingerprint density at radius 1 is 1.50 bits per heavy atom. The third-order valence-corrected chi connectivity index (χ3v) is 2.94. The predicted octanol–water partition coefficient (Wildman–Crippen LogP) is 2.13. The van der Waals surface area contributed by atoms with Gasteiger partial charge in [-0.1, -0.05) is 15.9 Å². The van der Waals surface area contributed by atoms with E-state index < -0.39 is 5.91 Å². The number of rotatable bonds is 6. The molecule has 1 N–H and O–H groups in total. The molecule has 0 saturated heterocycles. The van der Waals surface area contributed by atoms with Crippen LogP contribution in [-0.4, -0.2) is 33.3 Å². The van der Waals surface area contributed by atoms with Crippen LogP contribution in [0.5, 0.6) is 5.75 Å². The van der Waals surface area contributed by atoms with Crippen LogP contribution in [0.4, 0.5) is 0 Å². The number of methoxy groups -OCH3 is 2. The molecule has 0 heterocycles. The van der Waals surface area contributed by atoms with Gasteiger partial charge in [-0.3, -0.25) is 4.79 Å². The summed E-state index contributed by atoms with van der Waals surface area (Å²) < 4.78 is 10.9. The van der Waals surface area contributed by atoms with Gasteiger partial charge in [0.25, 0.3) is 5.91 Å². The average molecular weight is 339 g/mol. The van der Waals surface area contributed by atoms with Gasteiger partial charge in [-0.05, 0) is 24.3 Å². The molecule has 20 heavy (non-hydrogen) atoms. The van der Waals surface area contributed by atoms with Gasteiger partial charge in [0.05, 0.1) is 13.7 Å². The Balaban J connectivity index is 2.97. The summed E-state index contributed by atoms with van der Waals surface area (Å²) in [6.07, 6.45) is 1.49. The van der Waals surface area contributed by atoms with Crippen molar-refractivity contribution < 1.29 is 14.3 Å². The highest BCUT2D eigenvalue weighted by Gasteiger charge is 2.10. The first-order chi connectivity index (χ1) is 9.62. The molecule has 0 aliphatic heterocycles. The summed E-state index contributed by atoms with van der Waals surface area (Å²) in [6, 6.07) is 7.24. The lowest BCUT2D eigenvalue weighted by Crippen LogP contribution is -2.27. The molecule has 0 aromatic heterocycles. The first-order valence-corrected chi connectivity index (χ1v) is 6.64. The number of benzene rings is 1. The molecule has 0 spiro atoms. The Morgan fingerprint density at radius 2 is 2.25 bits per heavy atom. The van der Waals surface area contributed by atoms with E-state index in [4.69, 9.17) is 14.7 Å². The molecule has 0 radical (unpaired) electrons. The maximum atomic E-state index is 11.8. The third-order valence-electron chi connectivity index (χ3n) is 2.45. The quantitative estimate of drug-likeness (QED) is 0.490. The van der Waals surface area contributed by atoms with Crippen LogP contribution in [-0.2, 0) is 9.53 Å². The van der Waals surface area contributed by atoms with Crippen molar-refractivity contribution in [2.45, 2.75) is 0 Å². The van der Waals surface area contributed by atoms with Crippen molar-refractivity contribution in [1.29, 1.82) is 5.26 Å². The Hall–Kier alpha value is -1.84. The molecular weight excluding hydrogens is 324 g/mol. The molecule has 0 bridgehead atoms. The second kappa shape index (κ2) is 8.35. The highest BCUT2D eigenvalue weighted by molar-refractivity contribution is 9.10. The number of nitriles is 1. The van der Waals surface area contributed by atoms with Gasteiger partial charge >= 0.3 is 0 Å². The summed E-state index contributed by atoms with van der Waals surface area (Å²) >= 11 is 3.34. The van der Waals surface area contributed by atoms with E-state index >= 15 is 0 Å². The molecule has 6 heteroatoms. The fourth-order valence-corrected chi connectivity index (χ4v) is 1.86. The smallest absolute Gasteiger partial charge is 0.262 e. The number of nitrogens with zero attached hydrogens (tertiary/aromatic N) is 1. The lowest BCUT2D eigenvalue weighted by molar-refractivity contribution is -0.117. The highest BCUT2D eigenvalue weighted by atomic mass is 79.9. The second-order valence-corrected chi connectivity index (χ2v) is 4.72. The van der Waals surface area contributed by atoms with Crippen LogP contribution < -0.4 is 10.1 Å². The van der Waals surface area contributed by atoms with Crippen LogP contribution in [0.3, 0.4) is 0 Å². The molecule has 0 fully saturated rings. The number of ether oxygens (including phenoxy) is 2. The Kier molecular flexibility index (Phi) is 6.77. The van der Waals surface area contributed by atoms with Gasteiger partial charge in [0.15, 0.2) is 0 Å². The average Bonchev–Trinajstić information content (AvgIpc) is 2.45. The minimum atomic E-state index is -0.438. The van der Waals surface area contributed by atoms with Gasteiger partial charge in [0.2, 0.25) is 0 Å². The predicted molar refractivity (Wildman–Crippen MR) is 79.2 cm³/mol. The molecule has 0 aliphatic rings. The first-order valence-electron chi connectivity index (χ1n) is 5.84. The first kappa shape index (κ1) is 16.2. The van der Waals surface area contributed by atoms with Gasteiger partial charge in [-0.2, -0.15) is 5.26 Å². The van der Waals surface area contributed by atoms with Crippen LogP contribution in [0.1, 0.15) is 5.56 Å². The molecule has 1 amide bonds. The zero-order valence-electron chi connectivity index (χ0n) is 11.3. The molecule has 0 saturated carbocycles. The Labute approximate surface area is 126 Å². The number of amides is 1. The maximum absolute atomic E-state index is 11.8. The minimum absolute atomic E-state index is 0.0116. The van der Waals surface area contributed by atoms with Crippen LogP contribution >= 0.6 is 15.9 Å². The van der Waals surface area contributed by atoms with Crippen molar-refractivity contribution >= 4 is 27.9 Å². The molecule has 1 aromatic rings. The Morgan fingerprint density at radius 3 is 2.85 bits per heavy atom. The van der Waals surface area contributed by atoms with Gasteiger partial charge < -0.3 is 14.8 Å². The van der Waals surface area contributed by atoms with E-state index in [1.807, 2.05) is 12.1 Å². The van der Waals surface area contributed by atoms with Crippen molar-refractivity contribution in [2.24, 2.45) is 0 Å². The van der Waals surface area contributed by atoms with E-state index in [2.05, 4.69) is 21.2 Å². The second-order valence-electron chi connectivity index (χ2n) is 3.80. The molecule has 1 aromatic carbocycles. The summed E-state index contributed by atoms with van der Waals surface area (Å²) in [5.74, 6) is 0.150. The normalized spacial score (nSPS) is 10.8. The summed E-state index contributed by atoms with van der Waals surface area (Å²) in [5, 5.41) is 11.7. The van der Waals surface area contributed by atoms with Gasteiger partial charge in [0.1, 0.15) is 17.4 Å². The van der Waals surface area contributed by atoms with E-state index in [0.717, 1.165) is 4.47 Å². The summed E-state index contributed by atoms with van der Waals surface area (Å²) in [6.45, 7) is 0.745. The van der Waals surface area contributed by atoms with E-state index in [1.165, 1.54) is 13.2 Å². The van der Waals surface area contributed by atoms with Crippen LogP contribution in [0, 0.1) is 11.3 Å². The molecule has 0 aliphatic carbocycles. The number of carbonyl (C=O) groups is 1. The van der Waals surface area contributed by atoms with Gasteiger partial charge in [-0.15, -0.1) is 0 Å². The van der Waals surface area contributed by atoms with Crippen LogP contribution in [0.2, 0.25) is 0 Å². The number of halogens is 1. The van der Waals surface area contributed by atoms with Gasteiger partial charge in [0, 0.05) is 23.7 Å². The molecule has 1 rings (SSSR count). The fourth-order valence-electron chi connectivity index (χ4n) is 1.48. The maximum Gasteiger partial charge on any atom is 0.262 e. The monoisotopic (exact) mass is 338 g/mol. The fraction of sp³-hybridized carbons (Fsp3) is 0.286. The zero-order chi connectivity index (χ0) is 15.0. The molecular formula is C14H15BrN2O3. The number of carbonyl (C=O) groups excluding carboxylic acids is 1. The SMILES string of the molecule is COCCNC(=O)/C(C#N)=C\c1cc(Br)ccc1OC. The topological polar surface area (TPSA) is 71.3 Å². The molecule has 5 nitrogen and oxygen atoms in total. The van der Waals surface area contributed by atoms with E-state index in [1.54, 1.807) is 19.2 Å². The Bertz CT molecular complexity index is 550. The van der Waals surface area contributed by atoms with E-state index in [-0.39, 0.29) is 5.57 Å². The number of nitrogens with one attached hydrogen (secondary N) is 1. The largest absolute Gasteiger partial charge is 0.496 e. The van der Waals surface area contributed by atoms with Crippen molar-refractivity contribution in [3.05, 3.63) is 33.8 Å². The number of hydrogen-bond donors (Lipinski definition) is 1. The van der Waals surface area contributed by atoms with Crippen LogP contribution in [0.25, 0.3) is 6.08 Å². The third kappa shape index (κ3) is 4.68. The molecule has 0 atom stereocenters. The zero-order valence-corrected chi connectivity index (χ0v) is 12.9. The standard InChI is InChI=1S/C14H15BrN2O3/c1-19-6-5-17-14(18)11(9-16)7-10-8-12(15)3-4-13(10)20-2/h3-4,7-8H,5-6H2,1-2H3,(H,17,18)/b11-7-. The van der Waals surface area contributed by atoms with Crippen molar-refractivity contribution in [3.63, 3.8) is 0 Å². The summed E-state index contributed by atoms with van der Waals surface area (Å²) in [5.41, 5.74) is 0.665. The van der Waals surface area contributed by atoms with Crippen molar-refractivity contribution in [1.82, 2.24) is 5.32 Å². The number of hydrogen-bond acceptors (Lipinski definition) is 4. The van der Waals surface area contributed by atoms with Crippen molar-refractivity contribution in [3.8, 4) is 11.8 Å². The van der Waals surface area contributed by atoms with Gasteiger partial charge in [-0.25, -0.2) is 0 Å². The minimum Gasteiger partial charge on any atom is -0.496 e. The molecule has 0 unspecified atom stereocenters. The highest BCUT2D eigenvalue weighted by Crippen LogP contribution is 2.25.